The molecule has 1 aliphatic rings. The Morgan fingerprint density at radius 1 is 1.22 bits per heavy atom. The first-order chi connectivity index (χ1) is 13.3. The summed E-state index contributed by atoms with van der Waals surface area (Å²) >= 11 is 5.82. The van der Waals surface area contributed by atoms with Gasteiger partial charge in [0.15, 0.2) is 5.96 Å². The molecule has 0 saturated carbocycles. The van der Waals surface area contributed by atoms with Crippen LogP contribution < -0.4 is 10.6 Å². The fourth-order valence-electron chi connectivity index (χ4n) is 3.39. The van der Waals surface area contributed by atoms with Crippen LogP contribution >= 0.6 is 11.6 Å². The fraction of sp³-hybridized carbons (Fsp3) is 0.429. The van der Waals surface area contributed by atoms with Crippen molar-refractivity contribution in [3.8, 4) is 0 Å². The summed E-state index contributed by atoms with van der Waals surface area (Å²) in [5.74, 6) is 1.24. The zero-order valence-electron chi connectivity index (χ0n) is 15.7. The van der Waals surface area contributed by atoms with Crippen LogP contribution in [0.5, 0.6) is 0 Å². The minimum absolute atomic E-state index is 0.144. The normalized spacial score (nSPS) is 20.3. The lowest BCUT2D eigenvalue weighted by atomic mass is 9.89. The number of halogens is 1. The molecule has 1 fully saturated rings. The molecule has 0 radical (unpaired) electrons. The molecular weight excluding hydrogens is 360 g/mol. The van der Waals surface area contributed by atoms with Gasteiger partial charge in [-0.3, -0.25) is 4.99 Å². The fourth-order valence-corrected chi connectivity index (χ4v) is 3.50. The van der Waals surface area contributed by atoms with E-state index in [0.29, 0.717) is 11.1 Å². The van der Waals surface area contributed by atoms with E-state index in [9.17, 15) is 0 Å². The Morgan fingerprint density at radius 2 is 2.07 bits per heavy atom. The van der Waals surface area contributed by atoms with Crippen LogP contribution in [0.15, 0.2) is 53.7 Å². The molecule has 1 saturated heterocycles. The number of ether oxygens (including phenoxy) is 1. The molecule has 2 N–H and O–H groups in total. The molecule has 1 aromatic carbocycles. The number of pyridine rings is 1. The molecule has 1 aromatic heterocycles. The van der Waals surface area contributed by atoms with Crippen LogP contribution in [-0.2, 0) is 11.2 Å². The van der Waals surface area contributed by atoms with E-state index >= 15 is 0 Å². The lowest BCUT2D eigenvalue weighted by Gasteiger charge is -2.32. The highest BCUT2D eigenvalue weighted by atomic mass is 35.5. The average Bonchev–Trinajstić information content (AvgIpc) is 2.73. The number of aromatic nitrogens is 1. The summed E-state index contributed by atoms with van der Waals surface area (Å²) in [6.45, 7) is 2.45. The maximum absolute atomic E-state index is 6.07. The first kappa shape index (κ1) is 19.6. The number of guanidine groups is 1. The molecule has 2 heterocycles. The van der Waals surface area contributed by atoms with E-state index in [2.05, 4.69) is 44.9 Å². The van der Waals surface area contributed by atoms with Crippen molar-refractivity contribution in [3.63, 3.8) is 0 Å². The number of benzene rings is 1. The van der Waals surface area contributed by atoms with Gasteiger partial charge in [-0.15, -0.1) is 0 Å². The van der Waals surface area contributed by atoms with Gasteiger partial charge in [-0.2, -0.15) is 0 Å². The Hall–Kier alpha value is -2.11. The second-order valence-electron chi connectivity index (χ2n) is 6.72. The number of hydrogen-bond donors (Lipinski definition) is 2. The van der Waals surface area contributed by atoms with Gasteiger partial charge in [0.25, 0.3) is 0 Å². The van der Waals surface area contributed by atoms with Gasteiger partial charge >= 0.3 is 0 Å². The van der Waals surface area contributed by atoms with Crippen LogP contribution in [0.3, 0.4) is 0 Å². The van der Waals surface area contributed by atoms with Crippen LogP contribution in [0.25, 0.3) is 0 Å². The van der Waals surface area contributed by atoms with Gasteiger partial charge in [-0.1, -0.05) is 48.0 Å². The Kier molecular flexibility index (Phi) is 7.48. The maximum Gasteiger partial charge on any atom is 0.190 e. The monoisotopic (exact) mass is 386 g/mol. The van der Waals surface area contributed by atoms with Crippen LogP contribution in [0.2, 0.25) is 5.15 Å². The molecule has 0 amide bonds. The molecule has 2 atom stereocenters. The Morgan fingerprint density at radius 3 is 2.81 bits per heavy atom. The third-order valence-corrected chi connectivity index (χ3v) is 5.05. The van der Waals surface area contributed by atoms with Crippen molar-refractivity contribution < 1.29 is 4.74 Å². The molecular formula is C21H27ClN4O. The highest BCUT2D eigenvalue weighted by molar-refractivity contribution is 6.29. The first-order valence-electron chi connectivity index (χ1n) is 9.48. The quantitative estimate of drug-likeness (QED) is 0.452. The summed E-state index contributed by atoms with van der Waals surface area (Å²) in [7, 11) is 1.80. The molecule has 2 unspecified atom stereocenters. The van der Waals surface area contributed by atoms with Gasteiger partial charge < -0.3 is 15.4 Å². The third-order valence-electron chi connectivity index (χ3n) is 4.82. The predicted octanol–water partition coefficient (Wildman–Crippen LogP) is 3.61. The maximum atomic E-state index is 6.07. The molecule has 5 nitrogen and oxygen atoms in total. The minimum Gasteiger partial charge on any atom is -0.373 e. The topological polar surface area (TPSA) is 58.5 Å². The average molecular weight is 387 g/mol. The predicted molar refractivity (Wildman–Crippen MR) is 110 cm³/mol. The summed E-state index contributed by atoms with van der Waals surface area (Å²) in [5, 5.41) is 7.34. The van der Waals surface area contributed by atoms with Crippen LogP contribution in [-0.4, -0.2) is 37.7 Å². The van der Waals surface area contributed by atoms with Crippen molar-refractivity contribution in [1.82, 2.24) is 15.6 Å². The van der Waals surface area contributed by atoms with Crippen molar-refractivity contribution >= 4 is 17.6 Å². The van der Waals surface area contributed by atoms with E-state index in [0.717, 1.165) is 50.5 Å². The van der Waals surface area contributed by atoms with Crippen LogP contribution in [0, 0.1) is 5.92 Å². The van der Waals surface area contributed by atoms with Gasteiger partial charge in [0.2, 0.25) is 0 Å². The second kappa shape index (κ2) is 10.3. The first-order valence-corrected chi connectivity index (χ1v) is 9.85. The highest BCUT2D eigenvalue weighted by Gasteiger charge is 2.27. The Balaban J connectivity index is 1.48. The van der Waals surface area contributed by atoms with Crippen molar-refractivity contribution in [2.75, 3.05) is 26.7 Å². The summed E-state index contributed by atoms with van der Waals surface area (Å²) in [6.07, 6.45) is 5.07. The molecule has 0 bridgehead atoms. The van der Waals surface area contributed by atoms with Crippen molar-refractivity contribution in [2.45, 2.75) is 25.4 Å². The number of nitrogens with one attached hydrogen (secondary N) is 2. The standard InChI is InChI=1S/C21H27ClN4O/c1-23-21(24-12-11-16-9-10-19(22)25-14-16)26-15-18-8-5-13-27-20(18)17-6-3-2-4-7-17/h2-4,6-7,9-10,14,18,20H,5,8,11-13,15H2,1H3,(H2,23,24,26). The van der Waals surface area contributed by atoms with Gasteiger partial charge in [0.1, 0.15) is 5.15 Å². The van der Waals surface area contributed by atoms with E-state index < -0.39 is 0 Å². The zero-order valence-corrected chi connectivity index (χ0v) is 16.5. The van der Waals surface area contributed by atoms with Crippen LogP contribution in [0.1, 0.15) is 30.1 Å². The van der Waals surface area contributed by atoms with Crippen molar-refractivity contribution in [3.05, 3.63) is 64.9 Å². The van der Waals surface area contributed by atoms with E-state index in [4.69, 9.17) is 16.3 Å². The van der Waals surface area contributed by atoms with Crippen LogP contribution in [0.4, 0.5) is 0 Å². The lowest BCUT2D eigenvalue weighted by Crippen LogP contribution is -2.42. The summed E-state index contributed by atoms with van der Waals surface area (Å²) in [4.78, 5) is 8.44. The second-order valence-corrected chi connectivity index (χ2v) is 7.11. The van der Waals surface area contributed by atoms with E-state index in [-0.39, 0.29) is 6.10 Å². The van der Waals surface area contributed by atoms with Gasteiger partial charge in [-0.05, 0) is 36.5 Å². The number of rotatable bonds is 6. The Bertz CT molecular complexity index is 721. The van der Waals surface area contributed by atoms with E-state index in [1.54, 1.807) is 7.05 Å². The van der Waals surface area contributed by atoms with Gasteiger partial charge in [-0.25, -0.2) is 4.98 Å². The molecule has 6 heteroatoms. The molecule has 0 spiro atoms. The summed E-state index contributed by atoms with van der Waals surface area (Å²) in [5.41, 5.74) is 2.40. The van der Waals surface area contributed by atoms with Crippen molar-refractivity contribution in [2.24, 2.45) is 10.9 Å². The molecule has 144 valence electrons. The van der Waals surface area contributed by atoms with E-state index in [1.807, 2.05) is 24.4 Å². The number of hydrogen-bond acceptors (Lipinski definition) is 3. The summed E-state index contributed by atoms with van der Waals surface area (Å²) in [6, 6.07) is 14.3. The molecule has 2 aromatic rings. The van der Waals surface area contributed by atoms with Gasteiger partial charge in [0, 0.05) is 38.9 Å². The largest absolute Gasteiger partial charge is 0.373 e. The zero-order chi connectivity index (χ0) is 18.9. The minimum atomic E-state index is 0.144. The molecule has 27 heavy (non-hydrogen) atoms. The number of nitrogens with zero attached hydrogens (tertiary/aromatic N) is 2. The highest BCUT2D eigenvalue weighted by Crippen LogP contribution is 2.32. The number of aliphatic imine (C=N–C) groups is 1. The van der Waals surface area contributed by atoms with Crippen molar-refractivity contribution in [1.29, 1.82) is 0 Å². The smallest absolute Gasteiger partial charge is 0.190 e. The SMILES string of the molecule is CN=C(NCCc1ccc(Cl)nc1)NCC1CCCOC1c1ccccc1. The molecule has 1 aliphatic heterocycles. The third kappa shape index (κ3) is 5.94. The summed E-state index contributed by atoms with van der Waals surface area (Å²) < 4.78 is 6.07. The lowest BCUT2D eigenvalue weighted by molar-refractivity contribution is -0.0265. The molecule has 3 rings (SSSR count). The molecule has 0 aliphatic carbocycles. The van der Waals surface area contributed by atoms with Gasteiger partial charge in [0.05, 0.1) is 6.10 Å². The Labute approximate surface area is 166 Å². The van der Waals surface area contributed by atoms with E-state index in [1.165, 1.54) is 5.56 Å².